The molecule has 2 aromatic rings. The monoisotopic (exact) mass is 291 g/mol. The molecule has 0 aliphatic rings. The Morgan fingerprint density at radius 1 is 1.00 bits per heavy atom. The Hall–Kier alpha value is -2.21. The smallest absolute Gasteiger partial charge is 0.352 e. The second kappa shape index (κ2) is 6.29. The lowest BCUT2D eigenvalue weighted by Crippen LogP contribution is -1.98. The van der Waals surface area contributed by atoms with Crippen LogP contribution in [-0.4, -0.2) is 19.1 Å². The second-order valence-corrected chi connectivity index (χ2v) is 5.00. The molecule has 6 heteroatoms. The van der Waals surface area contributed by atoms with Gasteiger partial charge in [0.1, 0.15) is 0 Å². The molecule has 0 amide bonds. The van der Waals surface area contributed by atoms with E-state index in [1.807, 2.05) is 30.3 Å². The van der Waals surface area contributed by atoms with Crippen LogP contribution in [0.5, 0.6) is 11.5 Å². The fraction of sp³-hybridized carbons (Fsp3) is 0.143. The summed E-state index contributed by atoms with van der Waals surface area (Å²) in [6.07, 6.45) is 0. The van der Waals surface area contributed by atoms with Gasteiger partial charge in [-0.2, -0.15) is 0 Å². The third kappa shape index (κ3) is 3.03. The fourth-order valence-electron chi connectivity index (χ4n) is 1.73. The van der Waals surface area contributed by atoms with E-state index in [1.165, 1.54) is 26.0 Å². The van der Waals surface area contributed by atoms with Gasteiger partial charge in [0.25, 0.3) is 0 Å². The van der Waals surface area contributed by atoms with Crippen LogP contribution >= 0.6 is 11.8 Å². The van der Waals surface area contributed by atoms with E-state index >= 15 is 0 Å². The van der Waals surface area contributed by atoms with E-state index in [0.717, 1.165) is 9.79 Å². The van der Waals surface area contributed by atoms with Crippen molar-refractivity contribution in [2.24, 2.45) is 0 Å². The molecule has 0 atom stereocenters. The molecule has 0 radical (unpaired) electrons. The first-order valence-electron chi connectivity index (χ1n) is 5.79. The molecular formula is C14H13NO4S. The maximum absolute atomic E-state index is 11.1. The van der Waals surface area contributed by atoms with Gasteiger partial charge in [-0.15, -0.1) is 0 Å². The molecule has 0 aromatic heterocycles. The quantitative estimate of drug-likeness (QED) is 0.620. The third-order valence-electron chi connectivity index (χ3n) is 2.61. The summed E-state index contributed by atoms with van der Waals surface area (Å²) in [7, 11) is 2.80. The number of benzene rings is 2. The number of nitro benzene ring substituents is 1. The summed E-state index contributed by atoms with van der Waals surface area (Å²) < 4.78 is 10.2. The lowest BCUT2D eigenvalue weighted by molar-refractivity contribution is -0.386. The molecule has 0 fully saturated rings. The van der Waals surface area contributed by atoms with Crippen molar-refractivity contribution >= 4 is 17.4 Å². The molecule has 2 rings (SSSR count). The van der Waals surface area contributed by atoms with E-state index in [4.69, 9.17) is 9.47 Å². The largest absolute Gasteiger partial charge is 0.490 e. The van der Waals surface area contributed by atoms with Crippen LogP contribution in [0, 0.1) is 10.1 Å². The molecule has 2 aromatic carbocycles. The number of methoxy groups -OCH3 is 2. The zero-order chi connectivity index (χ0) is 14.5. The van der Waals surface area contributed by atoms with Crippen LogP contribution in [0.1, 0.15) is 0 Å². The first-order chi connectivity index (χ1) is 9.65. The van der Waals surface area contributed by atoms with Crippen molar-refractivity contribution in [3.05, 3.63) is 52.6 Å². The summed E-state index contributed by atoms with van der Waals surface area (Å²) in [6.45, 7) is 0. The van der Waals surface area contributed by atoms with Crippen LogP contribution in [0.25, 0.3) is 0 Å². The average molecular weight is 291 g/mol. The minimum absolute atomic E-state index is 0.160. The molecule has 0 saturated heterocycles. The maximum atomic E-state index is 11.1. The highest BCUT2D eigenvalue weighted by atomic mass is 32.2. The van der Waals surface area contributed by atoms with Crippen LogP contribution < -0.4 is 9.47 Å². The first-order valence-corrected chi connectivity index (χ1v) is 6.60. The Balaban J connectivity index is 2.43. The summed E-state index contributed by atoms with van der Waals surface area (Å²) in [5.41, 5.74) is -0.160. The SMILES string of the molecule is COc1cc(Sc2ccccc2)cc(OC)c1[N+](=O)[O-]. The normalized spacial score (nSPS) is 10.1. The number of hydrogen-bond acceptors (Lipinski definition) is 5. The van der Waals surface area contributed by atoms with Gasteiger partial charge >= 0.3 is 5.69 Å². The van der Waals surface area contributed by atoms with Gasteiger partial charge in [0, 0.05) is 21.9 Å². The van der Waals surface area contributed by atoms with Gasteiger partial charge in [-0.25, -0.2) is 0 Å². The molecule has 0 bridgehead atoms. The summed E-state index contributed by atoms with van der Waals surface area (Å²) in [4.78, 5) is 12.4. The van der Waals surface area contributed by atoms with E-state index in [1.54, 1.807) is 12.1 Å². The Kier molecular flexibility index (Phi) is 4.47. The van der Waals surface area contributed by atoms with Crippen molar-refractivity contribution in [2.45, 2.75) is 9.79 Å². The van der Waals surface area contributed by atoms with E-state index in [0.29, 0.717) is 0 Å². The number of hydrogen-bond donors (Lipinski definition) is 0. The molecular weight excluding hydrogens is 278 g/mol. The minimum atomic E-state index is -0.505. The van der Waals surface area contributed by atoms with E-state index < -0.39 is 4.92 Å². The van der Waals surface area contributed by atoms with Gasteiger partial charge in [-0.3, -0.25) is 10.1 Å². The highest BCUT2D eigenvalue weighted by Crippen LogP contribution is 2.42. The maximum Gasteiger partial charge on any atom is 0.352 e. The zero-order valence-corrected chi connectivity index (χ0v) is 11.8. The first kappa shape index (κ1) is 14.2. The Bertz CT molecular complexity index is 591. The van der Waals surface area contributed by atoms with Crippen LogP contribution in [0.15, 0.2) is 52.3 Å². The standard InChI is InChI=1S/C14H13NO4S/c1-18-12-8-11(20-10-6-4-3-5-7-10)9-13(19-2)14(12)15(16)17/h3-9H,1-2H3. The molecule has 0 aliphatic carbocycles. The van der Waals surface area contributed by atoms with Gasteiger partial charge < -0.3 is 9.47 Å². The number of nitrogens with zero attached hydrogens (tertiary/aromatic N) is 1. The molecule has 5 nitrogen and oxygen atoms in total. The van der Waals surface area contributed by atoms with Crippen LogP contribution in [0.2, 0.25) is 0 Å². The number of rotatable bonds is 5. The van der Waals surface area contributed by atoms with Gasteiger partial charge in [0.15, 0.2) is 0 Å². The topological polar surface area (TPSA) is 61.6 Å². The lowest BCUT2D eigenvalue weighted by Gasteiger charge is -2.09. The van der Waals surface area contributed by atoms with E-state index in [2.05, 4.69) is 0 Å². The van der Waals surface area contributed by atoms with Gasteiger partial charge in [-0.1, -0.05) is 30.0 Å². The minimum Gasteiger partial charge on any atom is -0.490 e. The van der Waals surface area contributed by atoms with Crippen molar-refractivity contribution in [3.63, 3.8) is 0 Å². The summed E-state index contributed by atoms with van der Waals surface area (Å²) in [5.74, 6) is 0.376. The van der Waals surface area contributed by atoms with Crippen molar-refractivity contribution in [1.82, 2.24) is 0 Å². The van der Waals surface area contributed by atoms with Crippen molar-refractivity contribution in [2.75, 3.05) is 14.2 Å². The van der Waals surface area contributed by atoms with Crippen molar-refractivity contribution in [3.8, 4) is 11.5 Å². The zero-order valence-electron chi connectivity index (χ0n) is 11.0. The Morgan fingerprint density at radius 3 is 2.00 bits per heavy atom. The summed E-state index contributed by atoms with van der Waals surface area (Å²) >= 11 is 1.48. The van der Waals surface area contributed by atoms with Crippen LogP contribution in [-0.2, 0) is 0 Å². The van der Waals surface area contributed by atoms with Crippen LogP contribution in [0.3, 0.4) is 0 Å². The highest BCUT2D eigenvalue weighted by molar-refractivity contribution is 7.99. The molecule has 0 spiro atoms. The predicted octanol–water partition coefficient (Wildman–Crippen LogP) is 3.76. The molecule has 0 heterocycles. The fourth-order valence-corrected chi connectivity index (χ4v) is 2.63. The average Bonchev–Trinajstić information content (AvgIpc) is 2.46. The number of ether oxygens (including phenoxy) is 2. The number of nitro groups is 1. The van der Waals surface area contributed by atoms with Crippen LogP contribution in [0.4, 0.5) is 5.69 Å². The predicted molar refractivity (Wildman–Crippen MR) is 76.8 cm³/mol. The second-order valence-electron chi connectivity index (χ2n) is 3.85. The van der Waals surface area contributed by atoms with Crippen molar-refractivity contribution in [1.29, 1.82) is 0 Å². The lowest BCUT2D eigenvalue weighted by atomic mass is 10.2. The summed E-state index contributed by atoms with van der Waals surface area (Å²) in [5, 5.41) is 11.1. The molecule has 0 N–H and O–H groups in total. The Labute approximate surface area is 120 Å². The molecule has 0 aliphatic heterocycles. The van der Waals surface area contributed by atoms with Gasteiger partial charge in [0.05, 0.1) is 19.1 Å². The highest BCUT2D eigenvalue weighted by Gasteiger charge is 2.23. The molecule has 20 heavy (non-hydrogen) atoms. The van der Waals surface area contributed by atoms with Gasteiger partial charge in [0.2, 0.25) is 11.5 Å². The van der Waals surface area contributed by atoms with Crippen molar-refractivity contribution < 1.29 is 14.4 Å². The summed E-state index contributed by atoms with van der Waals surface area (Å²) in [6, 6.07) is 13.0. The molecule has 0 unspecified atom stereocenters. The van der Waals surface area contributed by atoms with Gasteiger partial charge in [-0.05, 0) is 12.1 Å². The third-order valence-corrected chi connectivity index (χ3v) is 3.59. The van der Waals surface area contributed by atoms with E-state index in [-0.39, 0.29) is 17.2 Å². The Morgan fingerprint density at radius 2 is 1.55 bits per heavy atom. The molecule has 104 valence electrons. The van der Waals surface area contributed by atoms with E-state index in [9.17, 15) is 10.1 Å². The molecule has 0 saturated carbocycles.